The molecule has 0 N–H and O–H groups in total. The lowest BCUT2D eigenvalue weighted by molar-refractivity contribution is 0.0586. The molecule has 0 atom stereocenters. The summed E-state index contributed by atoms with van der Waals surface area (Å²) in [5.74, 6) is -0.433. The number of aryl methyl sites for hydroxylation is 2. The number of methoxy groups -OCH3 is 1. The second-order valence-electron chi connectivity index (χ2n) is 4.19. The van der Waals surface area contributed by atoms with Gasteiger partial charge >= 0.3 is 5.97 Å². The molecular formula is C13H15N3O2. The molecule has 0 aliphatic heterocycles. The minimum absolute atomic E-state index is 0.0859. The summed E-state index contributed by atoms with van der Waals surface area (Å²) in [4.78, 5) is 15.2. The van der Waals surface area contributed by atoms with Gasteiger partial charge in [0.15, 0.2) is 0 Å². The maximum absolute atomic E-state index is 11.2. The van der Waals surface area contributed by atoms with Gasteiger partial charge in [-0.2, -0.15) is 0 Å². The van der Waals surface area contributed by atoms with E-state index in [0.29, 0.717) is 6.54 Å². The molecule has 2 rings (SSSR count). The predicted molar refractivity (Wildman–Crippen MR) is 66.4 cm³/mol. The molecule has 0 radical (unpaired) electrons. The molecule has 1 aromatic heterocycles. The molecule has 5 nitrogen and oxygen atoms in total. The lowest BCUT2D eigenvalue weighted by Crippen LogP contribution is -2.07. The van der Waals surface area contributed by atoms with Gasteiger partial charge in [-0.15, -0.1) is 5.10 Å². The van der Waals surface area contributed by atoms with Crippen LogP contribution in [-0.4, -0.2) is 27.8 Å². The van der Waals surface area contributed by atoms with Crippen LogP contribution in [0.15, 0.2) is 24.5 Å². The van der Waals surface area contributed by atoms with Crippen LogP contribution in [0.2, 0.25) is 0 Å². The first kappa shape index (κ1) is 12.3. The Hall–Kier alpha value is -2.17. The number of esters is 1. The van der Waals surface area contributed by atoms with Gasteiger partial charge in [0.25, 0.3) is 5.82 Å². The third-order valence-corrected chi connectivity index (χ3v) is 2.74. The number of carbonyl (C=O) groups excluding carboxylic acids is 1. The van der Waals surface area contributed by atoms with Crippen molar-refractivity contribution in [3.8, 4) is 0 Å². The van der Waals surface area contributed by atoms with Crippen LogP contribution in [0.25, 0.3) is 0 Å². The Bertz CT molecular complexity index is 575. The number of ether oxygens (including phenoxy) is 1. The molecule has 0 fully saturated rings. The van der Waals surface area contributed by atoms with Crippen molar-refractivity contribution < 1.29 is 9.53 Å². The van der Waals surface area contributed by atoms with Gasteiger partial charge in [-0.3, -0.25) is 0 Å². The number of benzene rings is 1. The monoisotopic (exact) mass is 245 g/mol. The number of hydrogen-bond donors (Lipinski definition) is 0. The second kappa shape index (κ2) is 5.00. The molecule has 5 heteroatoms. The minimum atomic E-state index is -0.519. The Morgan fingerprint density at radius 1 is 1.39 bits per heavy atom. The number of aromatic nitrogens is 3. The molecule has 0 bridgehead atoms. The third-order valence-electron chi connectivity index (χ3n) is 2.74. The van der Waals surface area contributed by atoms with Gasteiger partial charge in [-0.1, -0.05) is 23.8 Å². The molecule has 94 valence electrons. The highest BCUT2D eigenvalue weighted by Gasteiger charge is 2.11. The standard InChI is InChI=1S/C13H15N3O2/c1-9-4-5-10(2)11(6-9)7-16-8-14-12(15-16)13(17)18-3/h4-6,8H,7H2,1-3H3. The quantitative estimate of drug-likeness (QED) is 0.773. The molecule has 0 amide bonds. The highest BCUT2D eigenvalue weighted by molar-refractivity contribution is 5.84. The Balaban J connectivity index is 2.21. The van der Waals surface area contributed by atoms with Crippen LogP contribution < -0.4 is 0 Å². The van der Waals surface area contributed by atoms with Crippen LogP contribution in [0.3, 0.4) is 0 Å². The summed E-state index contributed by atoms with van der Waals surface area (Å²) in [6.07, 6.45) is 1.54. The van der Waals surface area contributed by atoms with Gasteiger partial charge in [0.2, 0.25) is 0 Å². The average Bonchev–Trinajstić information content (AvgIpc) is 2.81. The largest absolute Gasteiger partial charge is 0.463 e. The van der Waals surface area contributed by atoms with Crippen molar-refractivity contribution in [2.24, 2.45) is 0 Å². The summed E-state index contributed by atoms with van der Waals surface area (Å²) in [6, 6.07) is 6.25. The molecule has 2 aromatic rings. The first-order valence-electron chi connectivity index (χ1n) is 5.64. The zero-order valence-electron chi connectivity index (χ0n) is 10.7. The smallest absolute Gasteiger partial charge is 0.377 e. The Morgan fingerprint density at radius 3 is 2.89 bits per heavy atom. The summed E-state index contributed by atoms with van der Waals surface area (Å²) in [5, 5.41) is 4.08. The molecule has 0 spiro atoms. The summed E-state index contributed by atoms with van der Waals surface area (Å²) in [5.41, 5.74) is 3.55. The number of rotatable bonds is 3. The Kier molecular flexibility index (Phi) is 3.41. The van der Waals surface area contributed by atoms with E-state index in [1.165, 1.54) is 24.6 Å². The van der Waals surface area contributed by atoms with Crippen LogP contribution in [0.1, 0.15) is 27.3 Å². The normalized spacial score (nSPS) is 10.4. The first-order chi connectivity index (χ1) is 8.60. The maximum Gasteiger partial charge on any atom is 0.377 e. The molecular weight excluding hydrogens is 230 g/mol. The van der Waals surface area contributed by atoms with E-state index in [1.54, 1.807) is 4.68 Å². The highest BCUT2D eigenvalue weighted by Crippen LogP contribution is 2.11. The van der Waals surface area contributed by atoms with Gasteiger partial charge in [0.05, 0.1) is 13.7 Å². The van der Waals surface area contributed by atoms with Crippen molar-refractivity contribution in [2.45, 2.75) is 20.4 Å². The first-order valence-corrected chi connectivity index (χ1v) is 5.64. The van der Waals surface area contributed by atoms with E-state index < -0.39 is 5.97 Å². The van der Waals surface area contributed by atoms with Crippen molar-refractivity contribution >= 4 is 5.97 Å². The Labute approximate surface area is 105 Å². The molecule has 0 saturated heterocycles. The van der Waals surface area contributed by atoms with E-state index in [9.17, 15) is 4.79 Å². The van der Waals surface area contributed by atoms with Gasteiger partial charge in [-0.25, -0.2) is 14.5 Å². The fourth-order valence-electron chi connectivity index (χ4n) is 1.70. The van der Waals surface area contributed by atoms with Crippen LogP contribution in [0, 0.1) is 13.8 Å². The summed E-state index contributed by atoms with van der Waals surface area (Å²) < 4.78 is 6.20. The molecule has 1 aromatic carbocycles. The van der Waals surface area contributed by atoms with Crippen molar-refractivity contribution in [1.29, 1.82) is 0 Å². The van der Waals surface area contributed by atoms with E-state index in [2.05, 4.69) is 33.0 Å². The van der Waals surface area contributed by atoms with E-state index in [0.717, 1.165) is 5.56 Å². The van der Waals surface area contributed by atoms with Crippen molar-refractivity contribution in [3.63, 3.8) is 0 Å². The van der Waals surface area contributed by atoms with E-state index >= 15 is 0 Å². The summed E-state index contributed by atoms with van der Waals surface area (Å²) in [6.45, 7) is 4.69. The lowest BCUT2D eigenvalue weighted by Gasteiger charge is -2.06. The zero-order chi connectivity index (χ0) is 13.1. The fourth-order valence-corrected chi connectivity index (χ4v) is 1.70. The third kappa shape index (κ3) is 2.56. The molecule has 18 heavy (non-hydrogen) atoms. The lowest BCUT2D eigenvalue weighted by atomic mass is 10.1. The Morgan fingerprint density at radius 2 is 2.17 bits per heavy atom. The van der Waals surface area contributed by atoms with Crippen LogP contribution in [0.4, 0.5) is 0 Å². The predicted octanol–water partition coefficient (Wildman–Crippen LogP) is 1.73. The van der Waals surface area contributed by atoms with Crippen LogP contribution in [0.5, 0.6) is 0 Å². The number of hydrogen-bond acceptors (Lipinski definition) is 4. The van der Waals surface area contributed by atoms with Crippen LogP contribution >= 0.6 is 0 Å². The minimum Gasteiger partial charge on any atom is -0.463 e. The van der Waals surface area contributed by atoms with Gasteiger partial charge in [0.1, 0.15) is 6.33 Å². The molecule has 0 unspecified atom stereocenters. The van der Waals surface area contributed by atoms with Gasteiger partial charge < -0.3 is 4.74 Å². The maximum atomic E-state index is 11.2. The van der Waals surface area contributed by atoms with Gasteiger partial charge in [-0.05, 0) is 25.0 Å². The molecule has 0 saturated carbocycles. The zero-order valence-corrected chi connectivity index (χ0v) is 10.7. The SMILES string of the molecule is COC(=O)c1ncn(Cc2cc(C)ccc2C)n1. The average molecular weight is 245 g/mol. The van der Waals surface area contributed by atoms with Crippen molar-refractivity contribution in [1.82, 2.24) is 14.8 Å². The number of nitrogens with zero attached hydrogens (tertiary/aromatic N) is 3. The van der Waals surface area contributed by atoms with Gasteiger partial charge in [0, 0.05) is 0 Å². The summed E-state index contributed by atoms with van der Waals surface area (Å²) in [7, 11) is 1.31. The molecule has 1 heterocycles. The summed E-state index contributed by atoms with van der Waals surface area (Å²) >= 11 is 0. The van der Waals surface area contributed by atoms with E-state index in [-0.39, 0.29) is 5.82 Å². The van der Waals surface area contributed by atoms with Crippen molar-refractivity contribution in [2.75, 3.05) is 7.11 Å². The second-order valence-corrected chi connectivity index (χ2v) is 4.19. The van der Waals surface area contributed by atoms with E-state index in [4.69, 9.17) is 0 Å². The van der Waals surface area contributed by atoms with Crippen LogP contribution in [-0.2, 0) is 11.3 Å². The highest BCUT2D eigenvalue weighted by atomic mass is 16.5. The number of carbonyl (C=O) groups is 1. The molecule has 0 aliphatic rings. The van der Waals surface area contributed by atoms with E-state index in [1.807, 2.05) is 13.8 Å². The molecule has 0 aliphatic carbocycles. The fraction of sp³-hybridized carbons (Fsp3) is 0.308. The van der Waals surface area contributed by atoms with Crippen molar-refractivity contribution in [3.05, 3.63) is 47.0 Å². The topological polar surface area (TPSA) is 57.0 Å².